The minimum atomic E-state index is -0.417. The number of nitrogens with zero attached hydrogens (tertiary/aromatic N) is 1. The van der Waals surface area contributed by atoms with Gasteiger partial charge in [-0.15, -0.1) is 0 Å². The van der Waals surface area contributed by atoms with Crippen LogP contribution in [-0.4, -0.2) is 17.6 Å². The molecule has 0 unspecified atom stereocenters. The number of hydrogen-bond acceptors (Lipinski definition) is 4. The van der Waals surface area contributed by atoms with Crippen LogP contribution in [-0.2, 0) is 0 Å². The number of carbonyl (C=O) groups is 1. The number of aromatic nitrogens is 1. The molecule has 110 valence electrons. The molecule has 2 aromatic rings. The lowest BCUT2D eigenvalue weighted by Gasteiger charge is -2.07. The van der Waals surface area contributed by atoms with E-state index in [1.165, 1.54) is 19.0 Å². The molecule has 0 radical (unpaired) electrons. The van der Waals surface area contributed by atoms with Crippen LogP contribution < -0.4 is 9.47 Å². The highest BCUT2D eigenvalue weighted by Crippen LogP contribution is 2.19. The fourth-order valence-corrected chi connectivity index (χ4v) is 1.80. The van der Waals surface area contributed by atoms with Gasteiger partial charge in [0.1, 0.15) is 11.5 Å². The van der Waals surface area contributed by atoms with Crippen LogP contribution >= 0.6 is 0 Å². The minimum Gasteiger partial charge on any atom is -0.494 e. The number of ether oxygens (including phenoxy) is 2. The van der Waals surface area contributed by atoms with Gasteiger partial charge in [-0.3, -0.25) is 4.98 Å². The molecule has 0 spiro atoms. The molecule has 1 heterocycles. The van der Waals surface area contributed by atoms with E-state index in [0.29, 0.717) is 17.9 Å². The summed E-state index contributed by atoms with van der Waals surface area (Å²) in [4.78, 5) is 15.7. The maximum absolute atomic E-state index is 11.8. The van der Waals surface area contributed by atoms with E-state index in [9.17, 15) is 4.79 Å². The summed E-state index contributed by atoms with van der Waals surface area (Å²) in [6.07, 6.45) is 6.48. The van der Waals surface area contributed by atoms with Crippen molar-refractivity contribution in [1.29, 1.82) is 0 Å². The van der Waals surface area contributed by atoms with Gasteiger partial charge in [-0.1, -0.05) is 19.8 Å². The van der Waals surface area contributed by atoms with Gasteiger partial charge < -0.3 is 9.47 Å². The summed E-state index contributed by atoms with van der Waals surface area (Å²) < 4.78 is 10.9. The highest BCUT2D eigenvalue weighted by atomic mass is 16.5. The van der Waals surface area contributed by atoms with Crippen molar-refractivity contribution in [2.45, 2.75) is 26.2 Å². The molecule has 2 rings (SSSR count). The molecule has 4 nitrogen and oxygen atoms in total. The maximum atomic E-state index is 11.8. The topological polar surface area (TPSA) is 48.4 Å². The van der Waals surface area contributed by atoms with Gasteiger partial charge in [-0.25, -0.2) is 4.79 Å². The number of esters is 1. The van der Waals surface area contributed by atoms with Crippen LogP contribution in [0.1, 0.15) is 36.5 Å². The third-order valence-corrected chi connectivity index (χ3v) is 2.95. The summed E-state index contributed by atoms with van der Waals surface area (Å²) in [6, 6.07) is 10.4. The quantitative estimate of drug-likeness (QED) is 0.440. The van der Waals surface area contributed by atoms with Gasteiger partial charge in [-0.2, -0.15) is 0 Å². The molecule has 0 fully saturated rings. The second-order valence-corrected chi connectivity index (χ2v) is 4.66. The first-order valence-electron chi connectivity index (χ1n) is 7.14. The molecule has 1 aromatic carbocycles. The number of carbonyl (C=O) groups excluding carboxylic acids is 1. The molecular weight excluding hydrogens is 266 g/mol. The Morgan fingerprint density at radius 1 is 1.10 bits per heavy atom. The minimum absolute atomic E-state index is 0.417. The molecule has 21 heavy (non-hydrogen) atoms. The molecule has 0 amide bonds. The SMILES string of the molecule is CCCCCOc1ccc(OC(=O)c2cccnc2)cc1. The Morgan fingerprint density at radius 3 is 2.52 bits per heavy atom. The van der Waals surface area contributed by atoms with E-state index in [1.54, 1.807) is 42.6 Å². The molecule has 0 aliphatic heterocycles. The van der Waals surface area contributed by atoms with Gasteiger partial charge in [-0.05, 0) is 42.8 Å². The number of rotatable bonds is 7. The highest BCUT2D eigenvalue weighted by Gasteiger charge is 2.08. The van der Waals surface area contributed by atoms with Gasteiger partial charge in [0.25, 0.3) is 0 Å². The average Bonchev–Trinajstić information content (AvgIpc) is 2.54. The Morgan fingerprint density at radius 2 is 1.86 bits per heavy atom. The Hall–Kier alpha value is -2.36. The van der Waals surface area contributed by atoms with Gasteiger partial charge in [0.15, 0.2) is 0 Å². The van der Waals surface area contributed by atoms with Gasteiger partial charge in [0.05, 0.1) is 12.2 Å². The summed E-state index contributed by atoms with van der Waals surface area (Å²) in [5, 5.41) is 0. The number of pyridine rings is 1. The van der Waals surface area contributed by atoms with Crippen LogP contribution in [0.25, 0.3) is 0 Å². The molecule has 0 atom stereocenters. The predicted octanol–water partition coefficient (Wildman–Crippen LogP) is 3.87. The Balaban J connectivity index is 1.86. The van der Waals surface area contributed by atoms with Crippen LogP contribution in [0.5, 0.6) is 11.5 Å². The molecule has 0 N–H and O–H groups in total. The van der Waals surface area contributed by atoms with Crippen LogP contribution in [0, 0.1) is 0 Å². The predicted molar refractivity (Wildman–Crippen MR) is 80.7 cm³/mol. The van der Waals surface area contributed by atoms with E-state index in [4.69, 9.17) is 9.47 Å². The van der Waals surface area contributed by atoms with Gasteiger partial charge in [0, 0.05) is 12.4 Å². The van der Waals surface area contributed by atoms with Gasteiger partial charge >= 0.3 is 5.97 Å². The lowest BCUT2D eigenvalue weighted by atomic mass is 10.2. The average molecular weight is 285 g/mol. The van der Waals surface area contributed by atoms with Crippen molar-refractivity contribution in [2.75, 3.05) is 6.61 Å². The first-order valence-corrected chi connectivity index (χ1v) is 7.14. The lowest BCUT2D eigenvalue weighted by Crippen LogP contribution is -2.08. The fourth-order valence-electron chi connectivity index (χ4n) is 1.80. The van der Waals surface area contributed by atoms with Crippen molar-refractivity contribution in [2.24, 2.45) is 0 Å². The number of hydrogen-bond donors (Lipinski definition) is 0. The third-order valence-electron chi connectivity index (χ3n) is 2.95. The van der Waals surface area contributed by atoms with Crippen LogP contribution in [0.3, 0.4) is 0 Å². The molecule has 0 bridgehead atoms. The van der Waals surface area contributed by atoms with E-state index in [0.717, 1.165) is 12.2 Å². The maximum Gasteiger partial charge on any atom is 0.345 e. The van der Waals surface area contributed by atoms with Gasteiger partial charge in [0.2, 0.25) is 0 Å². The van der Waals surface area contributed by atoms with E-state index in [1.807, 2.05) is 0 Å². The fraction of sp³-hybridized carbons (Fsp3) is 0.294. The lowest BCUT2D eigenvalue weighted by molar-refractivity contribution is 0.0734. The number of benzene rings is 1. The molecule has 0 aliphatic rings. The summed E-state index contributed by atoms with van der Waals surface area (Å²) in [5.74, 6) is 0.858. The van der Waals surface area contributed by atoms with Crippen LogP contribution in [0.2, 0.25) is 0 Å². The first-order chi connectivity index (χ1) is 10.3. The summed E-state index contributed by atoms with van der Waals surface area (Å²) in [6.45, 7) is 2.87. The standard InChI is InChI=1S/C17H19NO3/c1-2-3-4-12-20-15-7-9-16(10-8-15)21-17(19)14-6-5-11-18-13-14/h5-11,13H,2-4,12H2,1H3. The summed E-state index contributed by atoms with van der Waals surface area (Å²) in [5.41, 5.74) is 0.428. The second-order valence-electron chi connectivity index (χ2n) is 4.66. The molecule has 4 heteroatoms. The smallest absolute Gasteiger partial charge is 0.345 e. The molecule has 0 saturated heterocycles. The van der Waals surface area contributed by atoms with Crippen molar-refractivity contribution in [3.8, 4) is 11.5 Å². The summed E-state index contributed by atoms with van der Waals surface area (Å²) in [7, 11) is 0. The van der Waals surface area contributed by atoms with Crippen LogP contribution in [0.15, 0.2) is 48.8 Å². The van der Waals surface area contributed by atoms with Crippen molar-refractivity contribution in [3.63, 3.8) is 0 Å². The first kappa shape index (κ1) is 15.0. The zero-order valence-electron chi connectivity index (χ0n) is 12.1. The van der Waals surface area contributed by atoms with Crippen molar-refractivity contribution >= 4 is 5.97 Å². The van der Waals surface area contributed by atoms with E-state index < -0.39 is 5.97 Å². The van der Waals surface area contributed by atoms with Crippen molar-refractivity contribution < 1.29 is 14.3 Å². The Labute approximate surface area is 124 Å². The molecule has 0 aliphatic carbocycles. The molecular formula is C17H19NO3. The van der Waals surface area contributed by atoms with E-state index >= 15 is 0 Å². The number of unbranched alkanes of at least 4 members (excludes halogenated alkanes) is 2. The summed E-state index contributed by atoms with van der Waals surface area (Å²) >= 11 is 0. The largest absolute Gasteiger partial charge is 0.494 e. The van der Waals surface area contributed by atoms with E-state index in [-0.39, 0.29) is 0 Å². The Kier molecular flexibility index (Phi) is 5.76. The van der Waals surface area contributed by atoms with Crippen molar-refractivity contribution in [3.05, 3.63) is 54.4 Å². The third kappa shape index (κ3) is 4.91. The zero-order chi connectivity index (χ0) is 14.9. The normalized spacial score (nSPS) is 10.1. The molecule has 1 aromatic heterocycles. The Bertz CT molecular complexity index is 552. The van der Waals surface area contributed by atoms with Crippen LogP contribution in [0.4, 0.5) is 0 Å². The molecule has 0 saturated carbocycles. The zero-order valence-corrected chi connectivity index (χ0v) is 12.1. The monoisotopic (exact) mass is 285 g/mol. The second kappa shape index (κ2) is 8.04. The highest BCUT2D eigenvalue weighted by molar-refractivity contribution is 5.90. The van der Waals surface area contributed by atoms with Crippen molar-refractivity contribution in [1.82, 2.24) is 4.98 Å². The van der Waals surface area contributed by atoms with E-state index in [2.05, 4.69) is 11.9 Å².